The number of hydrogen-bond acceptors (Lipinski definition) is 2. The summed E-state index contributed by atoms with van der Waals surface area (Å²) in [6.07, 6.45) is 6.91. The SMILES string of the molecule is Cc1ccc(C(N)CC2CC3CCC2C3)o1. The maximum absolute atomic E-state index is 6.23. The van der Waals surface area contributed by atoms with Gasteiger partial charge in [-0.3, -0.25) is 0 Å². The minimum Gasteiger partial charge on any atom is -0.465 e. The molecule has 2 saturated carbocycles. The van der Waals surface area contributed by atoms with E-state index in [2.05, 4.69) is 0 Å². The summed E-state index contributed by atoms with van der Waals surface area (Å²) in [5, 5.41) is 0. The Bertz CT molecular complexity index is 371. The van der Waals surface area contributed by atoms with Crippen LogP contribution in [-0.2, 0) is 0 Å². The molecule has 1 aromatic heterocycles. The average Bonchev–Trinajstić information content (AvgIpc) is 2.92. The van der Waals surface area contributed by atoms with E-state index in [9.17, 15) is 0 Å². The van der Waals surface area contributed by atoms with E-state index < -0.39 is 0 Å². The van der Waals surface area contributed by atoms with E-state index in [1.54, 1.807) is 0 Å². The van der Waals surface area contributed by atoms with Gasteiger partial charge in [0.25, 0.3) is 0 Å². The predicted molar refractivity (Wildman–Crippen MR) is 63.9 cm³/mol. The van der Waals surface area contributed by atoms with Crippen LogP contribution in [0.2, 0.25) is 0 Å². The molecule has 1 aromatic rings. The maximum atomic E-state index is 6.23. The number of rotatable bonds is 3. The molecule has 1 heterocycles. The minimum absolute atomic E-state index is 0.109. The van der Waals surface area contributed by atoms with Gasteiger partial charge in [0.15, 0.2) is 0 Å². The largest absolute Gasteiger partial charge is 0.465 e. The molecular weight excluding hydrogens is 198 g/mol. The lowest BCUT2D eigenvalue weighted by molar-refractivity contribution is 0.282. The van der Waals surface area contributed by atoms with Gasteiger partial charge in [0.05, 0.1) is 6.04 Å². The lowest BCUT2D eigenvalue weighted by atomic mass is 9.84. The number of nitrogens with two attached hydrogens (primary N) is 1. The normalized spacial score (nSPS) is 34.5. The van der Waals surface area contributed by atoms with Crippen molar-refractivity contribution in [3.8, 4) is 0 Å². The Morgan fingerprint density at radius 1 is 1.38 bits per heavy atom. The molecule has 2 heteroatoms. The van der Waals surface area contributed by atoms with Crippen molar-refractivity contribution < 1.29 is 4.42 Å². The molecule has 2 nitrogen and oxygen atoms in total. The third kappa shape index (κ3) is 1.80. The average molecular weight is 219 g/mol. The van der Waals surface area contributed by atoms with Gasteiger partial charge in [-0.2, -0.15) is 0 Å². The third-order valence-electron chi connectivity index (χ3n) is 4.57. The summed E-state index contributed by atoms with van der Waals surface area (Å²) >= 11 is 0. The molecule has 4 unspecified atom stereocenters. The van der Waals surface area contributed by atoms with Crippen LogP contribution in [0.3, 0.4) is 0 Å². The fourth-order valence-corrected chi connectivity index (χ4v) is 3.76. The molecule has 0 radical (unpaired) electrons. The van der Waals surface area contributed by atoms with E-state index in [0.29, 0.717) is 0 Å². The molecule has 0 amide bonds. The van der Waals surface area contributed by atoms with Crippen LogP contribution >= 0.6 is 0 Å². The van der Waals surface area contributed by atoms with Gasteiger partial charge >= 0.3 is 0 Å². The predicted octanol–water partition coefficient (Wildman–Crippen LogP) is 3.41. The molecule has 4 atom stereocenters. The lowest BCUT2D eigenvalue weighted by Crippen LogP contribution is -2.19. The zero-order chi connectivity index (χ0) is 11.1. The number of fused-ring (bicyclic) bond motifs is 2. The van der Waals surface area contributed by atoms with E-state index in [1.165, 1.54) is 25.7 Å². The summed E-state index contributed by atoms with van der Waals surface area (Å²) in [6.45, 7) is 1.98. The molecule has 0 aromatic carbocycles. The van der Waals surface area contributed by atoms with E-state index in [1.807, 2.05) is 19.1 Å². The van der Waals surface area contributed by atoms with Crippen molar-refractivity contribution in [2.45, 2.75) is 45.1 Å². The van der Waals surface area contributed by atoms with Crippen LogP contribution in [0.25, 0.3) is 0 Å². The molecule has 2 aliphatic rings. The Hall–Kier alpha value is -0.760. The van der Waals surface area contributed by atoms with Crippen LogP contribution < -0.4 is 5.73 Å². The second kappa shape index (κ2) is 3.92. The summed E-state index contributed by atoms with van der Waals surface area (Å²) in [4.78, 5) is 0. The van der Waals surface area contributed by atoms with Gasteiger partial charge in [-0.25, -0.2) is 0 Å². The quantitative estimate of drug-likeness (QED) is 0.846. The zero-order valence-corrected chi connectivity index (χ0v) is 9.99. The Kier molecular flexibility index (Phi) is 2.55. The van der Waals surface area contributed by atoms with Gasteiger partial charge in [0.1, 0.15) is 11.5 Å². The van der Waals surface area contributed by atoms with Crippen molar-refractivity contribution in [3.05, 3.63) is 23.7 Å². The van der Waals surface area contributed by atoms with Crippen molar-refractivity contribution in [1.29, 1.82) is 0 Å². The van der Waals surface area contributed by atoms with Crippen molar-refractivity contribution in [2.75, 3.05) is 0 Å². The molecule has 2 aliphatic carbocycles. The van der Waals surface area contributed by atoms with E-state index in [-0.39, 0.29) is 6.04 Å². The molecule has 16 heavy (non-hydrogen) atoms. The fourth-order valence-electron chi connectivity index (χ4n) is 3.76. The second-order valence-electron chi connectivity index (χ2n) is 5.73. The summed E-state index contributed by atoms with van der Waals surface area (Å²) in [5.74, 6) is 4.78. The van der Waals surface area contributed by atoms with Crippen LogP contribution in [0.1, 0.15) is 49.7 Å². The highest BCUT2D eigenvalue weighted by atomic mass is 16.3. The van der Waals surface area contributed by atoms with E-state index in [0.717, 1.165) is 35.7 Å². The van der Waals surface area contributed by atoms with Gasteiger partial charge in [-0.15, -0.1) is 0 Å². The van der Waals surface area contributed by atoms with Crippen LogP contribution in [0.4, 0.5) is 0 Å². The van der Waals surface area contributed by atoms with Gasteiger partial charge in [-0.05, 0) is 62.5 Å². The van der Waals surface area contributed by atoms with E-state index in [4.69, 9.17) is 10.2 Å². The third-order valence-corrected chi connectivity index (χ3v) is 4.57. The summed E-state index contributed by atoms with van der Waals surface area (Å²) in [6, 6.07) is 4.15. The highest BCUT2D eigenvalue weighted by Crippen LogP contribution is 2.50. The van der Waals surface area contributed by atoms with Gasteiger partial charge in [0, 0.05) is 0 Å². The summed E-state index contributed by atoms with van der Waals surface area (Å²) in [7, 11) is 0. The lowest BCUT2D eigenvalue weighted by Gasteiger charge is -2.23. The topological polar surface area (TPSA) is 39.2 Å². The Morgan fingerprint density at radius 2 is 2.25 bits per heavy atom. The van der Waals surface area contributed by atoms with Gasteiger partial charge in [-0.1, -0.05) is 6.42 Å². The van der Waals surface area contributed by atoms with Crippen molar-refractivity contribution in [2.24, 2.45) is 23.5 Å². The molecule has 2 fully saturated rings. The monoisotopic (exact) mass is 219 g/mol. The highest BCUT2D eigenvalue weighted by Gasteiger charge is 2.40. The molecule has 0 spiro atoms. The minimum atomic E-state index is 0.109. The van der Waals surface area contributed by atoms with Crippen molar-refractivity contribution in [1.82, 2.24) is 0 Å². The smallest absolute Gasteiger partial charge is 0.120 e. The van der Waals surface area contributed by atoms with Crippen molar-refractivity contribution in [3.63, 3.8) is 0 Å². The number of hydrogen-bond donors (Lipinski definition) is 1. The molecular formula is C14H21NO. The molecule has 88 valence electrons. The fraction of sp³-hybridized carbons (Fsp3) is 0.714. The van der Waals surface area contributed by atoms with Crippen molar-refractivity contribution >= 4 is 0 Å². The Balaban J connectivity index is 1.62. The van der Waals surface area contributed by atoms with E-state index >= 15 is 0 Å². The highest BCUT2D eigenvalue weighted by molar-refractivity contribution is 5.09. The Labute approximate surface area is 97.2 Å². The standard InChI is InChI=1S/C14H21NO/c1-9-2-5-14(16-9)13(15)8-12-7-10-3-4-11(12)6-10/h2,5,10-13H,3-4,6-8,15H2,1H3. The zero-order valence-electron chi connectivity index (χ0n) is 9.99. The second-order valence-corrected chi connectivity index (χ2v) is 5.73. The molecule has 2 bridgehead atoms. The van der Waals surface area contributed by atoms with Gasteiger partial charge < -0.3 is 10.2 Å². The van der Waals surface area contributed by atoms with Crippen LogP contribution in [0, 0.1) is 24.7 Å². The number of furan rings is 1. The molecule has 3 rings (SSSR count). The first-order valence-electron chi connectivity index (χ1n) is 6.54. The van der Waals surface area contributed by atoms with Crippen LogP contribution in [0.5, 0.6) is 0 Å². The Morgan fingerprint density at radius 3 is 2.81 bits per heavy atom. The first-order valence-corrected chi connectivity index (χ1v) is 6.54. The molecule has 0 aliphatic heterocycles. The number of aryl methyl sites for hydroxylation is 1. The maximum Gasteiger partial charge on any atom is 0.120 e. The molecule has 0 saturated heterocycles. The first-order chi connectivity index (χ1) is 7.72. The van der Waals surface area contributed by atoms with Crippen LogP contribution in [0.15, 0.2) is 16.5 Å². The van der Waals surface area contributed by atoms with Gasteiger partial charge in [0.2, 0.25) is 0 Å². The summed E-state index contributed by atoms with van der Waals surface area (Å²) < 4.78 is 5.61. The molecule has 2 N–H and O–H groups in total. The first kappa shape index (κ1) is 10.4. The summed E-state index contributed by atoms with van der Waals surface area (Å²) in [5.41, 5.74) is 6.23. The van der Waals surface area contributed by atoms with Crippen LogP contribution in [-0.4, -0.2) is 0 Å².